The Bertz CT molecular complexity index is 875. The maximum absolute atomic E-state index is 12.7. The van der Waals surface area contributed by atoms with Crippen molar-refractivity contribution in [3.8, 4) is 5.75 Å². The van der Waals surface area contributed by atoms with Crippen LogP contribution in [0.1, 0.15) is 39.2 Å². The minimum atomic E-state index is -3.79. The molecule has 0 bridgehead atoms. The Kier molecular flexibility index (Phi) is 6.26. The van der Waals surface area contributed by atoms with Crippen molar-refractivity contribution in [1.29, 1.82) is 0 Å². The lowest BCUT2D eigenvalue weighted by Gasteiger charge is -2.14. The molecule has 26 heavy (non-hydrogen) atoms. The van der Waals surface area contributed by atoms with Gasteiger partial charge < -0.3 is 10.1 Å². The summed E-state index contributed by atoms with van der Waals surface area (Å²) >= 11 is 0. The minimum absolute atomic E-state index is 0.0395. The zero-order valence-corrected chi connectivity index (χ0v) is 16.2. The molecule has 2 N–H and O–H groups in total. The van der Waals surface area contributed by atoms with Crippen LogP contribution in [0.5, 0.6) is 5.75 Å². The molecule has 0 fully saturated rings. The number of ether oxygens (including phenoxy) is 1. The van der Waals surface area contributed by atoms with Gasteiger partial charge in [-0.2, -0.15) is 0 Å². The van der Waals surface area contributed by atoms with E-state index < -0.39 is 10.0 Å². The van der Waals surface area contributed by atoms with Gasteiger partial charge in [-0.3, -0.25) is 9.52 Å². The summed E-state index contributed by atoms with van der Waals surface area (Å²) in [5, 5.41) is 2.60. The van der Waals surface area contributed by atoms with E-state index in [1.165, 1.54) is 25.1 Å². The van der Waals surface area contributed by atoms with Gasteiger partial charge in [0.25, 0.3) is 10.0 Å². The number of nitrogens with one attached hydrogen (secondary N) is 2. The highest BCUT2D eigenvalue weighted by Crippen LogP contribution is 2.29. The van der Waals surface area contributed by atoms with Crippen molar-refractivity contribution >= 4 is 27.3 Å². The SMILES string of the molecule is CCOc1ccc(S(=O)(=O)Nc2ccc(C(C)C)cc2)cc1NC(C)=O. The molecule has 2 aromatic carbocycles. The van der Waals surface area contributed by atoms with Crippen molar-refractivity contribution in [3.63, 3.8) is 0 Å². The molecule has 0 atom stereocenters. The Morgan fingerprint density at radius 3 is 2.31 bits per heavy atom. The second kappa shape index (κ2) is 8.23. The van der Waals surface area contributed by atoms with Gasteiger partial charge in [-0.05, 0) is 48.7 Å². The summed E-state index contributed by atoms with van der Waals surface area (Å²) < 4.78 is 33.3. The number of benzene rings is 2. The van der Waals surface area contributed by atoms with Crippen molar-refractivity contribution < 1.29 is 17.9 Å². The van der Waals surface area contributed by atoms with Crippen molar-refractivity contribution in [2.45, 2.75) is 38.5 Å². The molecule has 0 spiro atoms. The lowest BCUT2D eigenvalue weighted by atomic mass is 10.0. The van der Waals surface area contributed by atoms with Gasteiger partial charge in [0.15, 0.2) is 0 Å². The van der Waals surface area contributed by atoms with Gasteiger partial charge in [0, 0.05) is 12.6 Å². The predicted molar refractivity (Wildman–Crippen MR) is 103 cm³/mol. The van der Waals surface area contributed by atoms with Crippen LogP contribution >= 0.6 is 0 Å². The second-order valence-corrected chi connectivity index (χ2v) is 7.84. The van der Waals surface area contributed by atoms with E-state index in [2.05, 4.69) is 23.9 Å². The van der Waals surface area contributed by atoms with Gasteiger partial charge in [-0.1, -0.05) is 26.0 Å². The molecule has 0 heterocycles. The third-order valence-electron chi connectivity index (χ3n) is 3.70. The zero-order valence-electron chi connectivity index (χ0n) is 15.4. The Balaban J connectivity index is 2.31. The van der Waals surface area contributed by atoms with E-state index in [1.807, 2.05) is 19.1 Å². The lowest BCUT2D eigenvalue weighted by molar-refractivity contribution is -0.114. The van der Waals surface area contributed by atoms with Crippen LogP contribution in [0.15, 0.2) is 47.4 Å². The quantitative estimate of drug-likeness (QED) is 0.766. The first-order chi connectivity index (χ1) is 12.2. The fourth-order valence-electron chi connectivity index (χ4n) is 2.40. The van der Waals surface area contributed by atoms with Crippen LogP contribution < -0.4 is 14.8 Å². The molecule has 6 nitrogen and oxygen atoms in total. The standard InChI is InChI=1S/C19H24N2O4S/c1-5-25-19-11-10-17(12-18(19)20-14(4)22)26(23,24)21-16-8-6-15(7-9-16)13(2)3/h6-13,21H,5H2,1-4H3,(H,20,22). The summed E-state index contributed by atoms with van der Waals surface area (Å²) in [7, 11) is -3.79. The zero-order chi connectivity index (χ0) is 19.3. The fraction of sp³-hybridized carbons (Fsp3) is 0.316. The number of anilines is 2. The molecule has 140 valence electrons. The largest absolute Gasteiger partial charge is 0.492 e. The summed E-state index contributed by atoms with van der Waals surface area (Å²) in [5.41, 5.74) is 1.92. The third kappa shape index (κ3) is 4.98. The lowest BCUT2D eigenvalue weighted by Crippen LogP contribution is -2.14. The second-order valence-electron chi connectivity index (χ2n) is 6.15. The molecule has 0 aliphatic heterocycles. The molecule has 0 saturated heterocycles. The Morgan fingerprint density at radius 1 is 1.12 bits per heavy atom. The van der Waals surface area contributed by atoms with Crippen LogP contribution in [0.2, 0.25) is 0 Å². The maximum Gasteiger partial charge on any atom is 0.261 e. The first-order valence-corrected chi connectivity index (χ1v) is 9.88. The van der Waals surface area contributed by atoms with Crippen LogP contribution in [0.25, 0.3) is 0 Å². The molecule has 0 aliphatic rings. The average molecular weight is 376 g/mol. The molecule has 0 radical (unpaired) electrons. The highest BCUT2D eigenvalue weighted by molar-refractivity contribution is 7.92. The van der Waals surface area contributed by atoms with E-state index in [-0.39, 0.29) is 10.8 Å². The minimum Gasteiger partial charge on any atom is -0.492 e. The molecule has 1 amide bonds. The monoisotopic (exact) mass is 376 g/mol. The summed E-state index contributed by atoms with van der Waals surface area (Å²) in [5.74, 6) is 0.479. The van der Waals surface area contributed by atoms with E-state index in [4.69, 9.17) is 4.74 Å². The number of carbonyl (C=O) groups excluding carboxylic acids is 1. The van der Waals surface area contributed by atoms with Crippen LogP contribution in [0, 0.1) is 0 Å². The number of sulfonamides is 1. The fourth-order valence-corrected chi connectivity index (χ4v) is 3.48. The number of amides is 1. The van der Waals surface area contributed by atoms with Gasteiger partial charge in [-0.25, -0.2) is 8.42 Å². The molecular weight excluding hydrogens is 352 g/mol. The average Bonchev–Trinajstić information content (AvgIpc) is 2.56. The molecular formula is C19H24N2O4S. The Labute approximate surface area is 154 Å². The molecule has 2 rings (SSSR count). The number of rotatable bonds is 7. The highest BCUT2D eigenvalue weighted by atomic mass is 32.2. The smallest absolute Gasteiger partial charge is 0.261 e. The van der Waals surface area contributed by atoms with Crippen LogP contribution in [-0.2, 0) is 14.8 Å². The molecule has 0 unspecified atom stereocenters. The van der Waals surface area contributed by atoms with E-state index in [1.54, 1.807) is 12.1 Å². The molecule has 0 aromatic heterocycles. The van der Waals surface area contributed by atoms with Crippen molar-refractivity contribution in [2.75, 3.05) is 16.6 Å². The molecule has 0 saturated carbocycles. The van der Waals surface area contributed by atoms with Gasteiger partial charge in [0.2, 0.25) is 5.91 Å². The molecule has 7 heteroatoms. The van der Waals surface area contributed by atoms with Gasteiger partial charge in [-0.15, -0.1) is 0 Å². The number of hydrogen-bond acceptors (Lipinski definition) is 4. The molecule has 2 aromatic rings. The summed E-state index contributed by atoms with van der Waals surface area (Å²) in [6.45, 7) is 7.71. The third-order valence-corrected chi connectivity index (χ3v) is 5.08. The van der Waals surface area contributed by atoms with Crippen molar-refractivity contribution in [1.82, 2.24) is 0 Å². The van der Waals surface area contributed by atoms with E-state index in [0.29, 0.717) is 29.6 Å². The summed E-state index contributed by atoms with van der Waals surface area (Å²) in [6.07, 6.45) is 0. The van der Waals surface area contributed by atoms with E-state index in [0.717, 1.165) is 5.56 Å². The van der Waals surface area contributed by atoms with Gasteiger partial charge in [0.1, 0.15) is 5.75 Å². The van der Waals surface area contributed by atoms with Crippen LogP contribution in [0.4, 0.5) is 11.4 Å². The van der Waals surface area contributed by atoms with E-state index in [9.17, 15) is 13.2 Å². The summed E-state index contributed by atoms with van der Waals surface area (Å²) in [6, 6.07) is 11.6. The van der Waals surface area contributed by atoms with Crippen molar-refractivity contribution in [2.24, 2.45) is 0 Å². The number of carbonyl (C=O) groups is 1. The van der Waals surface area contributed by atoms with Gasteiger partial charge in [0.05, 0.1) is 17.2 Å². The predicted octanol–water partition coefficient (Wildman–Crippen LogP) is 3.97. The van der Waals surface area contributed by atoms with Crippen molar-refractivity contribution in [3.05, 3.63) is 48.0 Å². The topological polar surface area (TPSA) is 84.5 Å². The highest BCUT2D eigenvalue weighted by Gasteiger charge is 2.17. The molecule has 0 aliphatic carbocycles. The normalized spacial score (nSPS) is 11.3. The number of hydrogen-bond donors (Lipinski definition) is 2. The van der Waals surface area contributed by atoms with Crippen LogP contribution in [-0.4, -0.2) is 20.9 Å². The Morgan fingerprint density at radius 2 is 1.77 bits per heavy atom. The van der Waals surface area contributed by atoms with E-state index >= 15 is 0 Å². The maximum atomic E-state index is 12.7. The first kappa shape index (κ1) is 19.8. The van der Waals surface area contributed by atoms with Crippen LogP contribution in [0.3, 0.4) is 0 Å². The summed E-state index contributed by atoms with van der Waals surface area (Å²) in [4.78, 5) is 11.4. The van der Waals surface area contributed by atoms with Gasteiger partial charge >= 0.3 is 0 Å². The Hall–Kier alpha value is -2.54. The first-order valence-electron chi connectivity index (χ1n) is 8.40.